The third-order valence-corrected chi connectivity index (χ3v) is 5.06. The van der Waals surface area contributed by atoms with Crippen LogP contribution in [0.15, 0.2) is 23.3 Å². The number of carbonyl (C=O) groups excluding carboxylic acids is 4. The van der Waals surface area contributed by atoms with Crippen LogP contribution < -0.4 is 10.1 Å². The first kappa shape index (κ1) is 25.1. The van der Waals surface area contributed by atoms with Gasteiger partial charge in [-0.25, -0.2) is 0 Å². The minimum absolute atomic E-state index is 0.0542. The number of ether oxygens (including phenoxy) is 4. The molecule has 182 valence electrons. The van der Waals surface area contributed by atoms with E-state index >= 15 is 0 Å². The van der Waals surface area contributed by atoms with Gasteiger partial charge in [-0.3, -0.25) is 29.4 Å². The second kappa shape index (κ2) is 12.7. The molecule has 0 saturated carbocycles. The third kappa shape index (κ3) is 6.29. The highest BCUT2D eigenvalue weighted by molar-refractivity contribution is 6.24. The average molecular weight is 475 g/mol. The highest BCUT2D eigenvalue weighted by Gasteiger charge is 2.45. The lowest BCUT2D eigenvalue weighted by molar-refractivity contribution is -0.136. The van der Waals surface area contributed by atoms with Crippen LogP contribution in [0.1, 0.15) is 33.6 Å². The van der Waals surface area contributed by atoms with Crippen molar-refractivity contribution in [3.05, 3.63) is 39.8 Å². The van der Waals surface area contributed by atoms with Gasteiger partial charge >= 0.3 is 0 Å². The van der Waals surface area contributed by atoms with Gasteiger partial charge in [0.1, 0.15) is 18.4 Å². The lowest BCUT2D eigenvalue weighted by atomic mass is 10.0. The molecule has 13 nitrogen and oxygen atoms in total. The number of imide groups is 2. The molecule has 1 aromatic rings. The minimum atomic E-state index is -1.03. The number of nitrogens with one attached hydrogen (secondary N) is 1. The predicted octanol–water partition coefficient (Wildman–Crippen LogP) is 0.827. The minimum Gasteiger partial charge on any atom is -0.490 e. The Morgan fingerprint density at radius 3 is 2.32 bits per heavy atom. The summed E-state index contributed by atoms with van der Waals surface area (Å²) in [5.74, 6) is -2.08. The molecule has 1 unspecified atom stereocenters. The second-order valence-electron chi connectivity index (χ2n) is 7.27. The number of hydrogen-bond donors (Lipinski definition) is 1. The highest BCUT2D eigenvalue weighted by Crippen LogP contribution is 2.33. The number of fused-ring (bicyclic) bond motifs is 1. The normalized spacial score (nSPS) is 17.4. The third-order valence-electron chi connectivity index (χ3n) is 5.06. The molecule has 3 rings (SSSR count). The van der Waals surface area contributed by atoms with Crippen molar-refractivity contribution in [2.75, 3.05) is 52.8 Å². The number of rotatable bonds is 14. The number of nitrogens with zero attached hydrogens (tertiary/aromatic N) is 4. The van der Waals surface area contributed by atoms with Crippen molar-refractivity contribution in [2.45, 2.75) is 18.9 Å². The molecule has 4 amide bonds. The summed E-state index contributed by atoms with van der Waals surface area (Å²) in [6, 6.07) is 3.64. The molecular formula is C21H25N5O8. The largest absolute Gasteiger partial charge is 0.490 e. The second-order valence-corrected chi connectivity index (χ2v) is 7.27. The predicted molar refractivity (Wildman–Crippen MR) is 115 cm³/mol. The Morgan fingerprint density at radius 2 is 1.65 bits per heavy atom. The number of carbonyl (C=O) groups is 4. The van der Waals surface area contributed by atoms with Crippen molar-refractivity contribution in [3.8, 4) is 5.75 Å². The number of piperidine rings is 1. The van der Waals surface area contributed by atoms with E-state index in [1.807, 2.05) is 0 Å². The van der Waals surface area contributed by atoms with E-state index < -0.39 is 29.7 Å². The number of benzene rings is 1. The molecule has 0 spiro atoms. The Balaban J connectivity index is 1.40. The van der Waals surface area contributed by atoms with Crippen molar-refractivity contribution in [3.63, 3.8) is 0 Å². The number of azide groups is 1. The van der Waals surface area contributed by atoms with Crippen LogP contribution in [-0.4, -0.2) is 87.4 Å². The van der Waals surface area contributed by atoms with Crippen molar-refractivity contribution >= 4 is 23.6 Å². The lowest BCUT2D eigenvalue weighted by Gasteiger charge is -2.27. The summed E-state index contributed by atoms with van der Waals surface area (Å²) in [6.07, 6.45) is 0.142. The van der Waals surface area contributed by atoms with Gasteiger partial charge in [-0.05, 0) is 24.1 Å². The van der Waals surface area contributed by atoms with Gasteiger partial charge in [-0.15, -0.1) is 0 Å². The molecule has 0 aromatic heterocycles. The fraction of sp³-hybridized carbons (Fsp3) is 0.524. The van der Waals surface area contributed by atoms with E-state index in [9.17, 15) is 19.2 Å². The molecule has 1 atom stereocenters. The van der Waals surface area contributed by atoms with Crippen LogP contribution in [0, 0.1) is 0 Å². The molecule has 0 bridgehead atoms. The lowest BCUT2D eigenvalue weighted by Crippen LogP contribution is -2.54. The zero-order valence-corrected chi connectivity index (χ0v) is 18.4. The quantitative estimate of drug-likeness (QED) is 0.136. The summed E-state index contributed by atoms with van der Waals surface area (Å²) >= 11 is 0. The molecule has 0 aliphatic carbocycles. The van der Waals surface area contributed by atoms with Crippen LogP contribution in [0.2, 0.25) is 0 Å². The van der Waals surface area contributed by atoms with Gasteiger partial charge in [0.05, 0.1) is 50.8 Å². The van der Waals surface area contributed by atoms with Gasteiger partial charge in [0.15, 0.2) is 0 Å². The van der Waals surface area contributed by atoms with E-state index in [1.165, 1.54) is 6.07 Å². The zero-order chi connectivity index (χ0) is 24.3. The van der Waals surface area contributed by atoms with Crippen LogP contribution in [0.25, 0.3) is 10.4 Å². The van der Waals surface area contributed by atoms with Crippen LogP contribution >= 0.6 is 0 Å². The Bertz CT molecular complexity index is 978. The first-order valence-electron chi connectivity index (χ1n) is 10.8. The monoisotopic (exact) mass is 475 g/mol. The molecule has 34 heavy (non-hydrogen) atoms. The summed E-state index contributed by atoms with van der Waals surface area (Å²) in [6.45, 7) is 2.43. The maximum absolute atomic E-state index is 13.0. The summed E-state index contributed by atoms with van der Waals surface area (Å²) in [7, 11) is 0. The number of hydrogen-bond acceptors (Lipinski definition) is 9. The molecule has 13 heteroatoms. The summed E-state index contributed by atoms with van der Waals surface area (Å²) < 4.78 is 21.6. The summed E-state index contributed by atoms with van der Waals surface area (Å²) in [5, 5.41) is 5.51. The first-order valence-corrected chi connectivity index (χ1v) is 10.8. The van der Waals surface area contributed by atoms with Crippen LogP contribution in [-0.2, 0) is 23.8 Å². The van der Waals surface area contributed by atoms with Crippen molar-refractivity contribution in [1.29, 1.82) is 0 Å². The first-order chi connectivity index (χ1) is 16.5. The van der Waals surface area contributed by atoms with Crippen LogP contribution in [0.4, 0.5) is 0 Å². The number of amides is 4. The average Bonchev–Trinajstić information content (AvgIpc) is 3.08. The van der Waals surface area contributed by atoms with Gasteiger partial charge in [0.2, 0.25) is 11.8 Å². The van der Waals surface area contributed by atoms with Crippen molar-refractivity contribution in [2.24, 2.45) is 5.11 Å². The summed E-state index contributed by atoms with van der Waals surface area (Å²) in [4.78, 5) is 52.8. The van der Waals surface area contributed by atoms with Gasteiger partial charge < -0.3 is 18.9 Å². The molecule has 0 radical (unpaired) electrons. The Labute approximate surface area is 194 Å². The van der Waals surface area contributed by atoms with E-state index in [4.69, 9.17) is 24.5 Å². The maximum Gasteiger partial charge on any atom is 0.266 e. The zero-order valence-electron chi connectivity index (χ0n) is 18.4. The van der Waals surface area contributed by atoms with Crippen molar-refractivity contribution < 1.29 is 38.1 Å². The van der Waals surface area contributed by atoms with E-state index in [2.05, 4.69) is 15.3 Å². The molecule has 1 aromatic carbocycles. The highest BCUT2D eigenvalue weighted by atomic mass is 16.6. The van der Waals surface area contributed by atoms with E-state index in [0.717, 1.165) is 4.90 Å². The van der Waals surface area contributed by atoms with Crippen LogP contribution in [0.3, 0.4) is 0 Å². The van der Waals surface area contributed by atoms with Gasteiger partial charge in [0, 0.05) is 17.9 Å². The van der Waals surface area contributed by atoms with Gasteiger partial charge in [0.25, 0.3) is 11.8 Å². The van der Waals surface area contributed by atoms with E-state index in [1.54, 1.807) is 12.1 Å². The molecule has 1 fully saturated rings. The molecule has 2 aliphatic rings. The van der Waals surface area contributed by atoms with E-state index in [-0.39, 0.29) is 49.5 Å². The molecule has 1 N–H and O–H groups in total. The maximum atomic E-state index is 13.0. The fourth-order valence-electron chi connectivity index (χ4n) is 3.51. The fourth-order valence-corrected chi connectivity index (χ4v) is 3.51. The van der Waals surface area contributed by atoms with E-state index in [0.29, 0.717) is 33.0 Å². The molecule has 1 saturated heterocycles. The smallest absolute Gasteiger partial charge is 0.266 e. The Hall–Kier alpha value is -3.51. The molecular weight excluding hydrogens is 450 g/mol. The summed E-state index contributed by atoms with van der Waals surface area (Å²) in [5.41, 5.74) is 8.39. The SMILES string of the molecule is [N-]=[N+]=NCCOCCOCCOCCOc1cccc2c1C(=O)N(C1CCC(=O)NC1=O)C2=O. The van der Waals surface area contributed by atoms with Gasteiger partial charge in [-0.1, -0.05) is 11.2 Å². The standard InChI is InChI=1S/C21H25N5O8/c22-25-23-6-7-31-8-9-32-10-11-33-12-13-34-16-3-1-2-14-18(16)21(30)26(20(14)29)15-4-5-17(27)24-19(15)28/h1-3,15H,4-13H2,(H,24,27,28). The van der Waals surface area contributed by atoms with Gasteiger partial charge in [-0.2, -0.15) is 0 Å². The van der Waals surface area contributed by atoms with Crippen LogP contribution in [0.5, 0.6) is 5.75 Å². The molecule has 2 heterocycles. The molecule has 2 aliphatic heterocycles. The topological polar surface area (TPSA) is 169 Å². The Morgan fingerprint density at radius 1 is 0.971 bits per heavy atom. The van der Waals surface area contributed by atoms with Crippen molar-refractivity contribution in [1.82, 2.24) is 10.2 Å². The Kier molecular flexibility index (Phi) is 9.35.